The number of sulfonamides is 1. The van der Waals surface area contributed by atoms with Crippen LogP contribution in [0.15, 0.2) is 18.2 Å². The SMILES string of the molecule is COc1ccc(NC(=O)C2CCCCN2S(C)(=O)=O)cc1Cl. The lowest BCUT2D eigenvalue weighted by Crippen LogP contribution is -2.49. The van der Waals surface area contributed by atoms with Gasteiger partial charge in [-0.1, -0.05) is 18.0 Å². The molecule has 1 unspecified atom stereocenters. The van der Waals surface area contributed by atoms with Crippen LogP contribution in [0.1, 0.15) is 19.3 Å². The van der Waals surface area contributed by atoms with Crippen LogP contribution in [0.3, 0.4) is 0 Å². The van der Waals surface area contributed by atoms with Crippen molar-refractivity contribution in [2.45, 2.75) is 25.3 Å². The Labute approximate surface area is 135 Å². The standard InChI is InChI=1S/C14H19ClN2O4S/c1-21-13-7-6-10(9-11(13)15)16-14(18)12-5-3-4-8-17(12)22(2,19)20/h6-7,9,12H,3-5,8H2,1-2H3,(H,16,18). The highest BCUT2D eigenvalue weighted by atomic mass is 35.5. The quantitative estimate of drug-likeness (QED) is 0.905. The van der Waals surface area contributed by atoms with Crippen molar-refractivity contribution in [3.8, 4) is 5.75 Å². The van der Waals surface area contributed by atoms with Crippen LogP contribution in [0.4, 0.5) is 5.69 Å². The number of benzene rings is 1. The van der Waals surface area contributed by atoms with Crippen LogP contribution >= 0.6 is 11.6 Å². The number of piperidine rings is 1. The molecule has 0 bridgehead atoms. The monoisotopic (exact) mass is 346 g/mol. The van der Waals surface area contributed by atoms with Crippen molar-refractivity contribution >= 4 is 33.2 Å². The Morgan fingerprint density at radius 1 is 1.41 bits per heavy atom. The highest BCUT2D eigenvalue weighted by Gasteiger charge is 2.34. The van der Waals surface area contributed by atoms with Crippen LogP contribution < -0.4 is 10.1 Å². The molecule has 6 nitrogen and oxygen atoms in total. The van der Waals surface area contributed by atoms with Gasteiger partial charge in [-0.15, -0.1) is 0 Å². The zero-order chi connectivity index (χ0) is 16.3. The number of hydrogen-bond donors (Lipinski definition) is 1. The first-order chi connectivity index (χ1) is 10.3. The lowest BCUT2D eigenvalue weighted by molar-refractivity contribution is -0.120. The minimum absolute atomic E-state index is 0.341. The fourth-order valence-corrected chi connectivity index (χ4v) is 3.92. The van der Waals surface area contributed by atoms with Crippen molar-refractivity contribution < 1.29 is 17.9 Å². The molecule has 0 saturated carbocycles. The molecule has 1 aromatic rings. The topological polar surface area (TPSA) is 75.7 Å². The molecule has 1 aliphatic heterocycles. The van der Waals surface area contributed by atoms with Gasteiger partial charge < -0.3 is 10.1 Å². The highest BCUT2D eigenvalue weighted by Crippen LogP contribution is 2.28. The number of rotatable bonds is 4. The first-order valence-corrected chi connectivity index (χ1v) is 9.17. The van der Waals surface area contributed by atoms with E-state index in [2.05, 4.69) is 5.32 Å². The van der Waals surface area contributed by atoms with Gasteiger partial charge in [0, 0.05) is 12.2 Å². The largest absolute Gasteiger partial charge is 0.495 e. The normalized spacial score (nSPS) is 19.7. The Balaban J connectivity index is 2.15. The third kappa shape index (κ3) is 3.91. The van der Waals surface area contributed by atoms with Gasteiger partial charge in [-0.3, -0.25) is 4.79 Å². The molecule has 1 amide bonds. The van der Waals surface area contributed by atoms with Gasteiger partial charge in [0.05, 0.1) is 18.4 Å². The highest BCUT2D eigenvalue weighted by molar-refractivity contribution is 7.88. The summed E-state index contributed by atoms with van der Waals surface area (Å²) in [4.78, 5) is 12.4. The maximum Gasteiger partial charge on any atom is 0.242 e. The second-order valence-electron chi connectivity index (χ2n) is 5.22. The molecule has 1 aromatic carbocycles. The number of amides is 1. The van der Waals surface area contributed by atoms with Crippen LogP contribution in [0, 0.1) is 0 Å². The van der Waals surface area contributed by atoms with E-state index in [9.17, 15) is 13.2 Å². The summed E-state index contributed by atoms with van der Waals surface area (Å²) in [7, 11) is -1.90. The molecule has 122 valence electrons. The molecule has 0 spiro atoms. The molecular weight excluding hydrogens is 328 g/mol. The Kier molecular flexibility index (Phi) is 5.31. The minimum Gasteiger partial charge on any atom is -0.495 e. The molecule has 1 fully saturated rings. The van der Waals surface area contributed by atoms with Gasteiger partial charge in [-0.2, -0.15) is 4.31 Å². The second-order valence-corrected chi connectivity index (χ2v) is 7.57. The van der Waals surface area contributed by atoms with E-state index in [-0.39, 0.29) is 5.91 Å². The van der Waals surface area contributed by atoms with Crippen LogP contribution in [-0.2, 0) is 14.8 Å². The molecule has 0 aliphatic carbocycles. The summed E-state index contributed by atoms with van der Waals surface area (Å²) in [5, 5.41) is 3.10. The van der Waals surface area contributed by atoms with Gasteiger partial charge in [0.1, 0.15) is 11.8 Å². The molecular formula is C14H19ClN2O4S. The molecule has 1 saturated heterocycles. The summed E-state index contributed by atoms with van der Waals surface area (Å²) in [6, 6.07) is 4.21. The molecule has 0 radical (unpaired) electrons. The van der Waals surface area contributed by atoms with E-state index in [1.165, 1.54) is 11.4 Å². The fourth-order valence-electron chi connectivity index (χ4n) is 2.53. The van der Waals surface area contributed by atoms with E-state index >= 15 is 0 Å². The maximum atomic E-state index is 12.4. The molecule has 22 heavy (non-hydrogen) atoms. The number of anilines is 1. The van der Waals surface area contributed by atoms with Gasteiger partial charge in [0.25, 0.3) is 0 Å². The first kappa shape index (κ1) is 17.1. The molecule has 2 rings (SSSR count). The molecule has 8 heteroatoms. The Hall–Kier alpha value is -1.31. The van der Waals surface area contributed by atoms with E-state index in [1.54, 1.807) is 18.2 Å². The number of nitrogens with one attached hydrogen (secondary N) is 1. The van der Waals surface area contributed by atoms with E-state index in [4.69, 9.17) is 16.3 Å². The molecule has 1 aliphatic rings. The van der Waals surface area contributed by atoms with Gasteiger partial charge in [0.2, 0.25) is 15.9 Å². The third-order valence-corrected chi connectivity index (χ3v) is 5.19. The predicted molar refractivity (Wildman–Crippen MR) is 85.8 cm³/mol. The van der Waals surface area contributed by atoms with Crippen LogP contribution in [0.5, 0.6) is 5.75 Å². The second kappa shape index (κ2) is 6.85. The zero-order valence-corrected chi connectivity index (χ0v) is 14.1. The Bertz CT molecular complexity index is 663. The van der Waals surface area contributed by atoms with Crippen LogP contribution in [0.2, 0.25) is 5.02 Å². The summed E-state index contributed by atoms with van der Waals surface area (Å²) < 4.78 is 29.9. The maximum absolute atomic E-state index is 12.4. The molecule has 1 N–H and O–H groups in total. The van der Waals surface area contributed by atoms with Gasteiger partial charge in [0.15, 0.2) is 0 Å². The van der Waals surface area contributed by atoms with Crippen molar-refractivity contribution in [3.05, 3.63) is 23.2 Å². The minimum atomic E-state index is -3.40. The average Bonchev–Trinajstić information content (AvgIpc) is 2.46. The zero-order valence-electron chi connectivity index (χ0n) is 12.5. The van der Waals surface area contributed by atoms with E-state index in [1.807, 2.05) is 0 Å². The predicted octanol–water partition coefficient (Wildman–Crippen LogP) is 2.10. The number of methoxy groups -OCH3 is 1. The van der Waals surface area contributed by atoms with E-state index in [0.717, 1.165) is 19.1 Å². The lowest BCUT2D eigenvalue weighted by atomic mass is 10.0. The van der Waals surface area contributed by atoms with Crippen LogP contribution in [-0.4, -0.2) is 44.6 Å². The van der Waals surface area contributed by atoms with Gasteiger partial charge in [-0.25, -0.2) is 8.42 Å². The molecule has 0 aromatic heterocycles. The van der Waals surface area contributed by atoms with E-state index < -0.39 is 16.1 Å². The fraction of sp³-hybridized carbons (Fsp3) is 0.500. The van der Waals surface area contributed by atoms with Crippen molar-refractivity contribution in [3.63, 3.8) is 0 Å². The van der Waals surface area contributed by atoms with Crippen molar-refractivity contribution in [2.75, 3.05) is 25.2 Å². The Morgan fingerprint density at radius 2 is 2.14 bits per heavy atom. The summed E-state index contributed by atoms with van der Waals surface area (Å²) in [5.74, 6) is 0.168. The smallest absolute Gasteiger partial charge is 0.242 e. The van der Waals surface area contributed by atoms with Gasteiger partial charge >= 0.3 is 0 Å². The molecule has 1 atom stereocenters. The Morgan fingerprint density at radius 3 is 2.73 bits per heavy atom. The molecule has 1 heterocycles. The summed E-state index contributed by atoms with van der Waals surface area (Å²) >= 11 is 6.02. The third-order valence-electron chi connectivity index (χ3n) is 3.60. The van der Waals surface area contributed by atoms with Crippen molar-refractivity contribution in [1.29, 1.82) is 0 Å². The van der Waals surface area contributed by atoms with Crippen LogP contribution in [0.25, 0.3) is 0 Å². The van der Waals surface area contributed by atoms with E-state index in [0.29, 0.717) is 29.4 Å². The summed E-state index contributed by atoms with van der Waals surface area (Å²) in [6.45, 7) is 0.375. The summed E-state index contributed by atoms with van der Waals surface area (Å²) in [5.41, 5.74) is 0.509. The number of carbonyl (C=O) groups is 1. The number of carbonyl (C=O) groups excluding carboxylic acids is 1. The number of nitrogens with zero attached hydrogens (tertiary/aromatic N) is 1. The number of ether oxygens (including phenoxy) is 1. The summed E-state index contributed by atoms with van der Waals surface area (Å²) in [6.07, 6.45) is 3.24. The van der Waals surface area contributed by atoms with Gasteiger partial charge in [-0.05, 0) is 31.0 Å². The lowest BCUT2D eigenvalue weighted by Gasteiger charge is -2.32. The average molecular weight is 347 g/mol. The number of halogens is 1. The van der Waals surface area contributed by atoms with Crippen molar-refractivity contribution in [1.82, 2.24) is 4.31 Å². The number of hydrogen-bond acceptors (Lipinski definition) is 4. The van der Waals surface area contributed by atoms with Crippen molar-refractivity contribution in [2.24, 2.45) is 0 Å². The first-order valence-electron chi connectivity index (χ1n) is 6.94.